The SMILES string of the molecule is CC(=O)O[C@@H]1CC[C@H]2[C@@H]3CC[C@H]4C[C@@H](O[C@@H]5CCCCO5)CC[C@]4(C)[C@H]3CC[C@]12C. The monoisotopic (exact) mass is 418 g/mol. The number of ether oxygens (including phenoxy) is 3. The van der Waals surface area contributed by atoms with Gasteiger partial charge in [-0.15, -0.1) is 0 Å². The lowest BCUT2D eigenvalue weighted by molar-refractivity contribution is -0.212. The first kappa shape index (κ1) is 21.2. The van der Waals surface area contributed by atoms with Crippen molar-refractivity contribution in [3.05, 3.63) is 0 Å². The molecule has 5 aliphatic rings. The first-order valence-corrected chi connectivity index (χ1v) is 12.8. The minimum Gasteiger partial charge on any atom is -0.462 e. The highest BCUT2D eigenvalue weighted by Crippen LogP contribution is 2.66. The van der Waals surface area contributed by atoms with E-state index in [-0.39, 0.29) is 23.8 Å². The van der Waals surface area contributed by atoms with Crippen LogP contribution in [0.2, 0.25) is 0 Å². The maximum absolute atomic E-state index is 11.7. The maximum atomic E-state index is 11.7. The van der Waals surface area contributed by atoms with Crippen molar-refractivity contribution in [2.24, 2.45) is 34.5 Å². The largest absolute Gasteiger partial charge is 0.462 e. The lowest BCUT2D eigenvalue weighted by Crippen LogP contribution is -2.55. The molecule has 0 bridgehead atoms. The summed E-state index contributed by atoms with van der Waals surface area (Å²) in [5.74, 6) is 3.11. The zero-order valence-corrected chi connectivity index (χ0v) is 19.4. The van der Waals surface area contributed by atoms with E-state index in [1.54, 1.807) is 6.92 Å². The van der Waals surface area contributed by atoms with Crippen LogP contribution in [0.5, 0.6) is 0 Å². The second-order valence-corrected chi connectivity index (χ2v) is 11.7. The average molecular weight is 419 g/mol. The third-order valence-corrected chi connectivity index (χ3v) is 10.3. The van der Waals surface area contributed by atoms with Crippen LogP contribution in [-0.4, -0.2) is 31.1 Å². The molecular weight excluding hydrogens is 376 g/mol. The first-order valence-electron chi connectivity index (χ1n) is 12.8. The van der Waals surface area contributed by atoms with E-state index < -0.39 is 0 Å². The molecule has 1 aliphatic heterocycles. The number of rotatable bonds is 3. The molecular formula is C26H42O4. The summed E-state index contributed by atoms with van der Waals surface area (Å²) < 4.78 is 18.1. The third kappa shape index (κ3) is 3.54. The Morgan fingerprint density at radius 1 is 0.900 bits per heavy atom. The number of hydrogen-bond acceptors (Lipinski definition) is 4. The lowest BCUT2D eigenvalue weighted by atomic mass is 9.45. The molecule has 0 radical (unpaired) electrons. The Balaban J connectivity index is 1.26. The molecule has 0 unspecified atom stereocenters. The van der Waals surface area contributed by atoms with Crippen LogP contribution in [0.25, 0.3) is 0 Å². The molecule has 4 aliphatic carbocycles. The van der Waals surface area contributed by atoms with Crippen molar-refractivity contribution in [3.63, 3.8) is 0 Å². The van der Waals surface area contributed by atoms with Crippen molar-refractivity contribution in [1.82, 2.24) is 0 Å². The normalized spacial score (nSPS) is 50.8. The van der Waals surface area contributed by atoms with Gasteiger partial charge in [0.1, 0.15) is 6.10 Å². The number of carbonyl (C=O) groups is 1. The van der Waals surface area contributed by atoms with Crippen molar-refractivity contribution < 1.29 is 19.0 Å². The van der Waals surface area contributed by atoms with Gasteiger partial charge in [-0.25, -0.2) is 0 Å². The molecule has 4 nitrogen and oxygen atoms in total. The molecule has 170 valence electrons. The van der Waals surface area contributed by atoms with E-state index in [4.69, 9.17) is 14.2 Å². The summed E-state index contributed by atoms with van der Waals surface area (Å²) in [6.07, 6.45) is 15.4. The summed E-state index contributed by atoms with van der Waals surface area (Å²) in [5.41, 5.74) is 0.672. The highest BCUT2D eigenvalue weighted by atomic mass is 16.7. The van der Waals surface area contributed by atoms with Crippen LogP contribution < -0.4 is 0 Å². The van der Waals surface area contributed by atoms with Gasteiger partial charge < -0.3 is 14.2 Å². The molecule has 0 aromatic carbocycles. The van der Waals surface area contributed by atoms with Crippen LogP contribution in [0.15, 0.2) is 0 Å². The molecule has 4 heteroatoms. The average Bonchev–Trinajstić information content (AvgIpc) is 3.05. The van der Waals surface area contributed by atoms with Crippen molar-refractivity contribution >= 4 is 5.97 Å². The number of fused-ring (bicyclic) bond motifs is 5. The van der Waals surface area contributed by atoms with Crippen molar-refractivity contribution in [2.45, 2.75) is 116 Å². The van der Waals surface area contributed by atoms with Crippen LogP contribution in [0, 0.1) is 34.5 Å². The minimum atomic E-state index is -0.0973. The Hall–Kier alpha value is -0.610. The number of esters is 1. The Morgan fingerprint density at radius 2 is 1.70 bits per heavy atom. The lowest BCUT2D eigenvalue weighted by Gasteiger charge is -2.61. The molecule has 5 rings (SSSR count). The predicted molar refractivity (Wildman–Crippen MR) is 116 cm³/mol. The van der Waals surface area contributed by atoms with E-state index in [1.807, 2.05) is 0 Å². The van der Waals surface area contributed by atoms with Gasteiger partial charge in [-0.05, 0) is 106 Å². The van der Waals surface area contributed by atoms with Crippen LogP contribution >= 0.6 is 0 Å². The van der Waals surface area contributed by atoms with Crippen molar-refractivity contribution in [2.75, 3.05) is 6.61 Å². The Kier molecular flexibility index (Phi) is 5.71. The molecule has 0 amide bonds. The maximum Gasteiger partial charge on any atom is 0.302 e. The molecule has 9 atom stereocenters. The van der Waals surface area contributed by atoms with Crippen LogP contribution in [0.1, 0.15) is 97.8 Å². The van der Waals surface area contributed by atoms with E-state index in [0.717, 1.165) is 43.1 Å². The third-order valence-electron chi connectivity index (χ3n) is 10.3. The Morgan fingerprint density at radius 3 is 2.47 bits per heavy atom. The van der Waals surface area contributed by atoms with Crippen LogP contribution in [-0.2, 0) is 19.0 Å². The number of carbonyl (C=O) groups excluding carboxylic acids is 1. The van der Waals surface area contributed by atoms with Gasteiger partial charge >= 0.3 is 5.97 Å². The van der Waals surface area contributed by atoms with Gasteiger partial charge in [-0.1, -0.05) is 13.8 Å². The van der Waals surface area contributed by atoms with Crippen molar-refractivity contribution in [1.29, 1.82) is 0 Å². The summed E-state index contributed by atoms with van der Waals surface area (Å²) in [7, 11) is 0. The smallest absolute Gasteiger partial charge is 0.302 e. The first-order chi connectivity index (χ1) is 14.4. The quantitative estimate of drug-likeness (QED) is 0.424. The second kappa shape index (κ2) is 8.06. The molecule has 5 fully saturated rings. The second-order valence-electron chi connectivity index (χ2n) is 11.7. The zero-order valence-electron chi connectivity index (χ0n) is 19.4. The van der Waals surface area contributed by atoms with Crippen molar-refractivity contribution in [3.8, 4) is 0 Å². The van der Waals surface area contributed by atoms with E-state index in [9.17, 15) is 4.79 Å². The van der Waals surface area contributed by atoms with Crippen LogP contribution in [0.4, 0.5) is 0 Å². The summed E-state index contributed by atoms with van der Waals surface area (Å²) in [6.45, 7) is 7.49. The van der Waals surface area contributed by atoms with Gasteiger partial charge in [0, 0.05) is 18.9 Å². The fourth-order valence-corrected chi connectivity index (χ4v) is 8.72. The Labute approximate surface area is 182 Å². The highest BCUT2D eigenvalue weighted by Gasteiger charge is 2.61. The summed E-state index contributed by atoms with van der Waals surface area (Å²) >= 11 is 0. The summed E-state index contributed by atoms with van der Waals surface area (Å²) in [6, 6.07) is 0. The Bertz CT molecular complexity index is 643. The van der Waals surface area contributed by atoms with Gasteiger partial charge in [-0.3, -0.25) is 4.79 Å². The molecule has 1 saturated heterocycles. The van der Waals surface area contributed by atoms with Gasteiger partial charge in [-0.2, -0.15) is 0 Å². The summed E-state index contributed by atoms with van der Waals surface area (Å²) in [4.78, 5) is 11.7. The van der Waals surface area contributed by atoms with E-state index >= 15 is 0 Å². The summed E-state index contributed by atoms with van der Waals surface area (Å²) in [5, 5.41) is 0. The van der Waals surface area contributed by atoms with Gasteiger partial charge in [0.2, 0.25) is 0 Å². The molecule has 0 N–H and O–H groups in total. The highest BCUT2D eigenvalue weighted by molar-refractivity contribution is 5.66. The van der Waals surface area contributed by atoms with Gasteiger partial charge in [0.25, 0.3) is 0 Å². The van der Waals surface area contributed by atoms with Crippen LogP contribution in [0.3, 0.4) is 0 Å². The topological polar surface area (TPSA) is 44.8 Å². The molecule has 30 heavy (non-hydrogen) atoms. The molecule has 0 spiro atoms. The minimum absolute atomic E-state index is 0.0523. The van der Waals surface area contributed by atoms with Gasteiger partial charge in [0.05, 0.1) is 6.10 Å². The molecule has 1 heterocycles. The molecule has 0 aromatic heterocycles. The molecule has 4 saturated carbocycles. The number of hydrogen-bond donors (Lipinski definition) is 0. The molecule has 0 aromatic rings. The zero-order chi connectivity index (χ0) is 20.9. The van der Waals surface area contributed by atoms with E-state index in [0.29, 0.717) is 11.5 Å². The fourth-order valence-electron chi connectivity index (χ4n) is 8.72. The van der Waals surface area contributed by atoms with Gasteiger partial charge in [0.15, 0.2) is 6.29 Å². The predicted octanol–water partition coefficient (Wildman–Crippen LogP) is 5.87. The van der Waals surface area contributed by atoms with E-state index in [1.165, 1.54) is 64.2 Å². The standard InChI is InChI=1S/C26H42O4/c1-17(27)29-23-10-9-21-20-8-7-18-16-19(30-24-6-4-5-15-28-24)11-13-25(18,2)22(20)12-14-26(21,23)3/h18-24H,4-16H2,1-3H3/t18-,19-,20-,21-,22-,23+,24+,25-,26-/m0/s1. The fraction of sp³-hybridized carbons (Fsp3) is 0.962. The van der Waals surface area contributed by atoms with E-state index in [2.05, 4.69) is 13.8 Å².